The van der Waals surface area contributed by atoms with Crippen molar-refractivity contribution in [1.29, 1.82) is 5.26 Å². The summed E-state index contributed by atoms with van der Waals surface area (Å²) < 4.78 is 0. The number of nitrogens with zero attached hydrogens (tertiary/aromatic N) is 1. The van der Waals surface area contributed by atoms with Crippen molar-refractivity contribution in [3.8, 4) is 6.07 Å². The third kappa shape index (κ3) is 4.60. The first-order chi connectivity index (χ1) is 15.1. The molecule has 0 saturated heterocycles. The van der Waals surface area contributed by atoms with E-state index in [0.29, 0.717) is 23.1 Å². The van der Waals surface area contributed by atoms with E-state index < -0.39 is 11.8 Å². The number of anilines is 1. The highest BCUT2D eigenvalue weighted by Crippen LogP contribution is 2.26. The molecule has 0 aromatic heterocycles. The van der Waals surface area contributed by atoms with Crippen LogP contribution in [0, 0.1) is 11.3 Å². The molecule has 0 aliphatic carbocycles. The summed E-state index contributed by atoms with van der Waals surface area (Å²) in [7, 11) is 0. The van der Waals surface area contributed by atoms with Crippen molar-refractivity contribution in [2.75, 3.05) is 5.32 Å². The van der Waals surface area contributed by atoms with Crippen LogP contribution >= 0.6 is 0 Å². The monoisotopic (exact) mass is 405 g/mol. The third-order valence-corrected chi connectivity index (χ3v) is 4.94. The lowest BCUT2D eigenvalue weighted by Crippen LogP contribution is -2.36. The first-order valence-corrected chi connectivity index (χ1v) is 9.80. The van der Waals surface area contributed by atoms with Gasteiger partial charge in [-0.3, -0.25) is 14.9 Å². The lowest BCUT2D eigenvalue weighted by atomic mass is 9.93. The minimum absolute atomic E-state index is 0.346. The number of benzene rings is 3. The average Bonchev–Trinajstić information content (AvgIpc) is 2.79. The zero-order chi connectivity index (χ0) is 21.6. The first kappa shape index (κ1) is 19.9. The molecular formula is C26H19N3O2. The second-order valence-electron chi connectivity index (χ2n) is 7.07. The molecule has 1 aliphatic rings. The summed E-state index contributed by atoms with van der Waals surface area (Å²) in [5, 5.41) is 14.3. The van der Waals surface area contributed by atoms with E-state index in [2.05, 4.69) is 16.7 Å². The summed E-state index contributed by atoms with van der Waals surface area (Å²) in [5.41, 5.74) is 5.06. The summed E-state index contributed by atoms with van der Waals surface area (Å²) in [4.78, 5) is 24.8. The molecule has 0 radical (unpaired) electrons. The van der Waals surface area contributed by atoms with Crippen LogP contribution in [-0.4, -0.2) is 11.8 Å². The molecule has 0 bridgehead atoms. The molecule has 1 aliphatic heterocycles. The van der Waals surface area contributed by atoms with E-state index in [9.17, 15) is 9.59 Å². The summed E-state index contributed by atoms with van der Waals surface area (Å²) in [6.07, 6.45) is 5.88. The number of carbonyl (C=O) groups is 2. The Balaban J connectivity index is 1.63. The molecule has 3 aromatic carbocycles. The maximum absolute atomic E-state index is 12.5. The number of nitriles is 1. The van der Waals surface area contributed by atoms with Gasteiger partial charge in [-0.05, 0) is 41.0 Å². The fraction of sp³-hybridized carbons (Fsp3) is 0.0385. The number of nitrogens with one attached hydrogen (secondary N) is 2. The van der Waals surface area contributed by atoms with Crippen LogP contribution in [0.2, 0.25) is 0 Å². The highest BCUT2D eigenvalue weighted by molar-refractivity contribution is 6.31. The predicted octanol–water partition coefficient (Wildman–Crippen LogP) is 4.65. The van der Waals surface area contributed by atoms with Crippen LogP contribution in [0.5, 0.6) is 0 Å². The van der Waals surface area contributed by atoms with E-state index >= 15 is 0 Å². The molecule has 2 N–H and O–H groups in total. The van der Waals surface area contributed by atoms with Crippen LogP contribution in [0.15, 0.2) is 79.0 Å². The van der Waals surface area contributed by atoms with Crippen LogP contribution in [-0.2, 0) is 11.2 Å². The fourth-order valence-corrected chi connectivity index (χ4v) is 3.31. The number of amides is 2. The summed E-state index contributed by atoms with van der Waals surface area (Å²) in [6, 6.07) is 24.8. The second-order valence-corrected chi connectivity index (χ2v) is 7.07. The normalized spacial score (nSPS) is 14.2. The van der Waals surface area contributed by atoms with Gasteiger partial charge in [0.05, 0.1) is 18.1 Å². The van der Waals surface area contributed by atoms with E-state index in [1.807, 2.05) is 78.9 Å². The quantitative estimate of drug-likeness (QED) is 0.368. The standard InChI is InChI=1S/C26H19N3O2/c27-15-14-19-8-11-21(12-9-19)28-17-24-23-16-20(7-6-18-4-2-1-3-5-18)10-13-22(23)25(30)29-26(24)31/h1-13,16-17,28H,14H2,(H,29,30,31)/b7-6+,24-17-. The van der Waals surface area contributed by atoms with Gasteiger partial charge in [-0.1, -0.05) is 60.7 Å². The molecule has 5 heteroatoms. The minimum atomic E-state index is -0.449. The lowest BCUT2D eigenvalue weighted by molar-refractivity contribution is -0.114. The number of rotatable bonds is 5. The topological polar surface area (TPSA) is 82.0 Å². The number of hydrogen-bond acceptors (Lipinski definition) is 4. The summed E-state index contributed by atoms with van der Waals surface area (Å²) >= 11 is 0. The molecule has 2 amide bonds. The molecule has 0 saturated carbocycles. The van der Waals surface area contributed by atoms with Gasteiger partial charge in [0, 0.05) is 23.0 Å². The Labute approximate surface area is 180 Å². The van der Waals surface area contributed by atoms with Crippen LogP contribution in [0.4, 0.5) is 5.69 Å². The molecule has 5 nitrogen and oxygen atoms in total. The number of hydrogen-bond donors (Lipinski definition) is 2. The highest BCUT2D eigenvalue weighted by atomic mass is 16.2. The molecule has 0 fully saturated rings. The van der Waals surface area contributed by atoms with Crippen LogP contribution in [0.1, 0.15) is 32.6 Å². The molecule has 1 heterocycles. The summed E-state index contributed by atoms with van der Waals surface area (Å²) in [5.74, 6) is -0.855. The largest absolute Gasteiger partial charge is 0.361 e. The molecule has 150 valence electrons. The lowest BCUT2D eigenvalue weighted by Gasteiger charge is -2.19. The van der Waals surface area contributed by atoms with Gasteiger partial charge < -0.3 is 5.32 Å². The van der Waals surface area contributed by atoms with E-state index in [0.717, 1.165) is 22.4 Å². The predicted molar refractivity (Wildman–Crippen MR) is 122 cm³/mol. The maximum Gasteiger partial charge on any atom is 0.260 e. The van der Waals surface area contributed by atoms with Crippen molar-refractivity contribution >= 4 is 35.2 Å². The van der Waals surface area contributed by atoms with Crippen molar-refractivity contribution in [1.82, 2.24) is 5.32 Å². The van der Waals surface area contributed by atoms with Crippen molar-refractivity contribution in [3.63, 3.8) is 0 Å². The van der Waals surface area contributed by atoms with Gasteiger partial charge in [-0.2, -0.15) is 5.26 Å². The van der Waals surface area contributed by atoms with Gasteiger partial charge in [0.15, 0.2) is 0 Å². The first-order valence-electron chi connectivity index (χ1n) is 9.80. The van der Waals surface area contributed by atoms with Gasteiger partial charge in [-0.25, -0.2) is 0 Å². The molecule has 0 atom stereocenters. The molecular weight excluding hydrogens is 386 g/mol. The number of imide groups is 1. The number of fused-ring (bicyclic) bond motifs is 1. The van der Waals surface area contributed by atoms with Gasteiger partial charge in [-0.15, -0.1) is 0 Å². The zero-order valence-corrected chi connectivity index (χ0v) is 16.6. The third-order valence-electron chi connectivity index (χ3n) is 4.94. The Morgan fingerprint density at radius 2 is 1.58 bits per heavy atom. The van der Waals surface area contributed by atoms with E-state index in [-0.39, 0.29) is 0 Å². The average molecular weight is 405 g/mol. The Morgan fingerprint density at radius 1 is 0.839 bits per heavy atom. The molecule has 0 spiro atoms. The fourth-order valence-electron chi connectivity index (χ4n) is 3.31. The molecule has 31 heavy (non-hydrogen) atoms. The van der Waals surface area contributed by atoms with Crippen molar-refractivity contribution < 1.29 is 9.59 Å². The van der Waals surface area contributed by atoms with Crippen molar-refractivity contribution in [2.24, 2.45) is 0 Å². The van der Waals surface area contributed by atoms with Crippen LogP contribution in [0.25, 0.3) is 17.7 Å². The van der Waals surface area contributed by atoms with Gasteiger partial charge in [0.2, 0.25) is 0 Å². The molecule has 0 unspecified atom stereocenters. The molecule has 3 aromatic rings. The van der Waals surface area contributed by atoms with Gasteiger partial charge >= 0.3 is 0 Å². The Morgan fingerprint density at radius 3 is 2.32 bits per heavy atom. The van der Waals surface area contributed by atoms with Crippen LogP contribution in [0.3, 0.4) is 0 Å². The second kappa shape index (κ2) is 8.93. The summed E-state index contributed by atoms with van der Waals surface area (Å²) in [6.45, 7) is 0. The Bertz CT molecular complexity index is 1230. The van der Waals surface area contributed by atoms with Gasteiger partial charge in [0.25, 0.3) is 11.8 Å². The van der Waals surface area contributed by atoms with E-state index in [1.165, 1.54) is 0 Å². The van der Waals surface area contributed by atoms with Crippen LogP contribution < -0.4 is 10.6 Å². The highest BCUT2D eigenvalue weighted by Gasteiger charge is 2.27. The van der Waals surface area contributed by atoms with E-state index in [4.69, 9.17) is 5.26 Å². The van der Waals surface area contributed by atoms with Crippen molar-refractivity contribution in [2.45, 2.75) is 6.42 Å². The Hall–Kier alpha value is -4.43. The minimum Gasteiger partial charge on any atom is -0.361 e. The zero-order valence-electron chi connectivity index (χ0n) is 16.6. The van der Waals surface area contributed by atoms with Gasteiger partial charge in [0.1, 0.15) is 0 Å². The molecule has 4 rings (SSSR count). The van der Waals surface area contributed by atoms with Crippen molar-refractivity contribution in [3.05, 3.63) is 107 Å². The maximum atomic E-state index is 12.5. The smallest absolute Gasteiger partial charge is 0.260 e. The SMILES string of the molecule is N#CCc1ccc(N/C=C2\C(=O)NC(=O)c3ccc(/C=C/c4ccccc4)cc32)cc1. The Kier molecular flexibility index (Phi) is 5.72. The number of carbonyl (C=O) groups excluding carboxylic acids is 2. The van der Waals surface area contributed by atoms with E-state index in [1.54, 1.807) is 12.3 Å².